The van der Waals surface area contributed by atoms with E-state index in [4.69, 9.17) is 0 Å². The first kappa shape index (κ1) is 4.62. The maximum absolute atomic E-state index is 9.50. The minimum Gasteiger partial charge on any atom is -0.348 e. The summed E-state index contributed by atoms with van der Waals surface area (Å²) >= 11 is 0. The highest BCUT2D eigenvalue weighted by atomic mass is 16.1. The molecule has 7 heavy (non-hydrogen) atoms. The Morgan fingerprint density at radius 1 is 1.71 bits per heavy atom. The van der Waals surface area contributed by atoms with Gasteiger partial charge in [0.25, 0.3) is 0 Å². The van der Waals surface area contributed by atoms with Crippen LogP contribution in [0.4, 0.5) is 0 Å². The normalized spacial score (nSPS) is 18.9. The van der Waals surface area contributed by atoms with Gasteiger partial charge in [0.1, 0.15) is 0 Å². The van der Waals surface area contributed by atoms with Crippen molar-refractivity contribution in [3.05, 3.63) is 0 Å². The van der Waals surface area contributed by atoms with Gasteiger partial charge in [-0.2, -0.15) is 0 Å². The van der Waals surface area contributed by atoms with Gasteiger partial charge in [0, 0.05) is 6.54 Å². The molecule has 0 aromatic rings. The molecule has 0 atom stereocenters. The molecule has 1 aliphatic rings. The number of carbonyl (C=O) groups excluding carboxylic acids is 1. The summed E-state index contributed by atoms with van der Waals surface area (Å²) in [5.41, 5.74) is 0. The first-order valence-electron chi connectivity index (χ1n) is 2.53. The Kier molecular flexibility index (Phi) is 1.29. The van der Waals surface area contributed by atoms with E-state index < -0.39 is 0 Å². The van der Waals surface area contributed by atoms with Crippen molar-refractivity contribution in [1.29, 1.82) is 0 Å². The van der Waals surface area contributed by atoms with Crippen LogP contribution in [0.15, 0.2) is 0 Å². The van der Waals surface area contributed by atoms with Gasteiger partial charge >= 0.3 is 6.41 Å². The summed E-state index contributed by atoms with van der Waals surface area (Å²) in [4.78, 5) is 9.50. The Morgan fingerprint density at radius 3 is 2.86 bits per heavy atom. The first-order chi connectivity index (χ1) is 3.43. The van der Waals surface area contributed by atoms with E-state index in [1.165, 1.54) is 12.8 Å². The third-order valence-electron chi connectivity index (χ3n) is 1.16. The van der Waals surface area contributed by atoms with Crippen LogP contribution in [0, 0.1) is 5.92 Å². The van der Waals surface area contributed by atoms with E-state index in [-0.39, 0.29) is 0 Å². The van der Waals surface area contributed by atoms with Gasteiger partial charge in [-0.3, -0.25) is 4.79 Å². The van der Waals surface area contributed by atoms with E-state index in [2.05, 4.69) is 5.32 Å². The highest BCUT2D eigenvalue weighted by Crippen LogP contribution is 2.27. The maximum atomic E-state index is 9.50. The lowest BCUT2D eigenvalue weighted by atomic mass is 10.4. The SMILES string of the molecule is O=[C]NCC1CC1. The molecule has 1 fully saturated rings. The van der Waals surface area contributed by atoms with Crippen LogP contribution in [0.3, 0.4) is 0 Å². The summed E-state index contributed by atoms with van der Waals surface area (Å²) in [5.74, 6) is 0.779. The molecule has 1 rings (SSSR count). The fraction of sp³-hybridized carbons (Fsp3) is 0.800. The molecule has 0 aromatic heterocycles. The summed E-state index contributed by atoms with van der Waals surface area (Å²) in [6.07, 6.45) is 4.21. The van der Waals surface area contributed by atoms with Gasteiger partial charge in [0.2, 0.25) is 0 Å². The minimum atomic E-state index is 0.779. The van der Waals surface area contributed by atoms with Gasteiger partial charge in [-0.15, -0.1) is 0 Å². The molecule has 0 saturated heterocycles. The molecular weight excluding hydrogens is 90.1 g/mol. The van der Waals surface area contributed by atoms with E-state index in [1.54, 1.807) is 6.41 Å². The molecule has 2 heteroatoms. The van der Waals surface area contributed by atoms with E-state index in [0.717, 1.165) is 12.5 Å². The Balaban J connectivity index is 1.88. The molecule has 0 unspecified atom stereocenters. The fourth-order valence-electron chi connectivity index (χ4n) is 0.508. The average molecular weight is 98.1 g/mol. The molecule has 0 bridgehead atoms. The van der Waals surface area contributed by atoms with E-state index >= 15 is 0 Å². The van der Waals surface area contributed by atoms with Gasteiger partial charge in [-0.05, 0) is 18.8 Å². The minimum absolute atomic E-state index is 0.779. The zero-order chi connectivity index (χ0) is 5.11. The Hall–Kier alpha value is -0.530. The van der Waals surface area contributed by atoms with Crippen molar-refractivity contribution in [1.82, 2.24) is 5.32 Å². The monoisotopic (exact) mass is 98.1 g/mol. The zero-order valence-corrected chi connectivity index (χ0v) is 4.11. The Bertz CT molecular complexity index is 68.5. The van der Waals surface area contributed by atoms with Crippen molar-refractivity contribution in [2.75, 3.05) is 6.54 Å². The number of hydrogen-bond acceptors (Lipinski definition) is 1. The van der Waals surface area contributed by atoms with Crippen LogP contribution in [-0.2, 0) is 4.79 Å². The van der Waals surface area contributed by atoms with Crippen molar-refractivity contribution < 1.29 is 4.79 Å². The van der Waals surface area contributed by atoms with Gasteiger partial charge in [0.05, 0.1) is 0 Å². The molecule has 39 valence electrons. The second-order valence-electron chi connectivity index (χ2n) is 1.93. The van der Waals surface area contributed by atoms with Gasteiger partial charge in [-0.25, -0.2) is 0 Å². The predicted molar refractivity (Wildman–Crippen MR) is 26.4 cm³/mol. The average Bonchev–Trinajstić information content (AvgIpc) is 2.42. The van der Waals surface area contributed by atoms with Crippen LogP contribution in [0.1, 0.15) is 12.8 Å². The maximum Gasteiger partial charge on any atom is 0.309 e. The molecule has 1 N–H and O–H groups in total. The summed E-state index contributed by atoms with van der Waals surface area (Å²) in [6.45, 7) is 0.837. The van der Waals surface area contributed by atoms with Crippen molar-refractivity contribution in [3.8, 4) is 0 Å². The second kappa shape index (κ2) is 1.96. The number of nitrogens with one attached hydrogen (secondary N) is 1. The number of amides is 1. The topological polar surface area (TPSA) is 29.1 Å². The second-order valence-corrected chi connectivity index (χ2v) is 1.93. The van der Waals surface area contributed by atoms with Crippen LogP contribution in [0.25, 0.3) is 0 Å². The molecule has 1 saturated carbocycles. The van der Waals surface area contributed by atoms with Crippen LogP contribution in [0.5, 0.6) is 0 Å². The molecule has 1 aliphatic carbocycles. The van der Waals surface area contributed by atoms with E-state index in [0.29, 0.717) is 0 Å². The Morgan fingerprint density at radius 2 is 2.43 bits per heavy atom. The molecule has 1 amide bonds. The lowest BCUT2D eigenvalue weighted by Gasteiger charge is -1.87. The first-order valence-corrected chi connectivity index (χ1v) is 2.53. The molecule has 1 radical (unpaired) electrons. The highest BCUT2D eigenvalue weighted by Gasteiger charge is 2.19. The van der Waals surface area contributed by atoms with Gasteiger partial charge in [-0.1, -0.05) is 0 Å². The predicted octanol–water partition coefficient (Wildman–Crippen LogP) is 0.0532. The van der Waals surface area contributed by atoms with Crippen LogP contribution in [0.2, 0.25) is 0 Å². The van der Waals surface area contributed by atoms with Crippen LogP contribution in [-0.4, -0.2) is 13.0 Å². The molecule has 0 aromatic carbocycles. The largest absolute Gasteiger partial charge is 0.348 e. The van der Waals surface area contributed by atoms with Crippen molar-refractivity contribution in [2.24, 2.45) is 5.92 Å². The quantitative estimate of drug-likeness (QED) is 0.496. The molecule has 2 nitrogen and oxygen atoms in total. The fourth-order valence-corrected chi connectivity index (χ4v) is 0.508. The smallest absolute Gasteiger partial charge is 0.309 e. The van der Waals surface area contributed by atoms with Crippen molar-refractivity contribution >= 4 is 6.41 Å². The Labute approximate surface area is 42.9 Å². The molecule has 0 heterocycles. The van der Waals surface area contributed by atoms with Gasteiger partial charge in [0.15, 0.2) is 0 Å². The highest BCUT2D eigenvalue weighted by molar-refractivity contribution is 5.46. The molecule has 0 spiro atoms. The third-order valence-corrected chi connectivity index (χ3v) is 1.16. The summed E-state index contributed by atoms with van der Waals surface area (Å²) < 4.78 is 0. The summed E-state index contributed by atoms with van der Waals surface area (Å²) in [6, 6.07) is 0. The van der Waals surface area contributed by atoms with E-state index in [1.807, 2.05) is 0 Å². The van der Waals surface area contributed by atoms with E-state index in [9.17, 15) is 4.79 Å². The molecule has 0 aliphatic heterocycles. The van der Waals surface area contributed by atoms with Crippen LogP contribution >= 0.6 is 0 Å². The third kappa shape index (κ3) is 1.57. The lowest BCUT2D eigenvalue weighted by Crippen LogP contribution is -2.13. The lowest BCUT2D eigenvalue weighted by molar-refractivity contribution is 0.539. The van der Waals surface area contributed by atoms with Crippen molar-refractivity contribution in [2.45, 2.75) is 12.8 Å². The standard InChI is InChI=1S/C5H8NO/c7-4-6-3-5-1-2-5/h5H,1-3H2,(H,6,7). The number of hydrogen-bond donors (Lipinski definition) is 1. The zero-order valence-electron chi connectivity index (χ0n) is 4.11. The summed E-state index contributed by atoms with van der Waals surface area (Å²) in [7, 11) is 0. The van der Waals surface area contributed by atoms with Crippen molar-refractivity contribution in [3.63, 3.8) is 0 Å². The van der Waals surface area contributed by atoms with Gasteiger partial charge < -0.3 is 5.32 Å². The number of rotatable bonds is 3. The molecular formula is C5H8NO. The van der Waals surface area contributed by atoms with Crippen LogP contribution < -0.4 is 5.32 Å². The summed E-state index contributed by atoms with van der Waals surface area (Å²) in [5, 5.41) is 2.50.